The van der Waals surface area contributed by atoms with Gasteiger partial charge in [0, 0.05) is 24.7 Å². The quantitative estimate of drug-likeness (QED) is 0.837. The molecule has 3 nitrogen and oxygen atoms in total. The van der Waals surface area contributed by atoms with Gasteiger partial charge in [-0.2, -0.15) is 0 Å². The average molecular weight is 280 g/mol. The van der Waals surface area contributed by atoms with Crippen molar-refractivity contribution in [1.82, 2.24) is 10.6 Å². The third-order valence-corrected chi connectivity index (χ3v) is 3.66. The Kier molecular flexibility index (Phi) is 5.95. The van der Waals surface area contributed by atoms with E-state index in [1.165, 1.54) is 12.1 Å². The van der Waals surface area contributed by atoms with Crippen molar-refractivity contribution in [3.05, 3.63) is 35.6 Å². The average Bonchev–Trinajstić information content (AvgIpc) is 2.42. The topological polar surface area (TPSA) is 33.3 Å². The SMILES string of the molecule is CC(Cc1ccc(F)cc1)NC(C)CC1COCCN1. The van der Waals surface area contributed by atoms with E-state index in [9.17, 15) is 4.39 Å². The Balaban J connectivity index is 1.72. The summed E-state index contributed by atoms with van der Waals surface area (Å²) < 4.78 is 18.3. The lowest BCUT2D eigenvalue weighted by Gasteiger charge is -2.28. The molecular weight excluding hydrogens is 255 g/mol. The summed E-state index contributed by atoms with van der Waals surface area (Å²) in [6, 6.07) is 8.02. The Morgan fingerprint density at radius 1 is 1.30 bits per heavy atom. The number of nitrogens with one attached hydrogen (secondary N) is 2. The summed E-state index contributed by atoms with van der Waals surface area (Å²) in [4.78, 5) is 0. The zero-order valence-electron chi connectivity index (χ0n) is 12.4. The van der Waals surface area contributed by atoms with Gasteiger partial charge < -0.3 is 15.4 Å². The van der Waals surface area contributed by atoms with Crippen LogP contribution in [0.15, 0.2) is 24.3 Å². The number of hydrogen-bond donors (Lipinski definition) is 2. The van der Waals surface area contributed by atoms with Crippen molar-refractivity contribution in [1.29, 1.82) is 0 Å². The predicted octanol–water partition coefficient (Wildman–Crippen LogP) is 2.11. The minimum atomic E-state index is -0.175. The van der Waals surface area contributed by atoms with Crippen LogP contribution in [0.2, 0.25) is 0 Å². The van der Waals surface area contributed by atoms with Crippen LogP contribution in [0.1, 0.15) is 25.8 Å². The fourth-order valence-electron chi connectivity index (χ4n) is 2.78. The van der Waals surface area contributed by atoms with E-state index in [1.807, 2.05) is 12.1 Å². The van der Waals surface area contributed by atoms with Crippen LogP contribution in [0.25, 0.3) is 0 Å². The van der Waals surface area contributed by atoms with Crippen LogP contribution in [-0.4, -0.2) is 37.9 Å². The fourth-order valence-corrected chi connectivity index (χ4v) is 2.78. The number of ether oxygens (including phenoxy) is 1. The lowest BCUT2D eigenvalue weighted by molar-refractivity contribution is 0.0708. The van der Waals surface area contributed by atoms with E-state index in [0.717, 1.165) is 38.2 Å². The van der Waals surface area contributed by atoms with Gasteiger partial charge >= 0.3 is 0 Å². The third-order valence-electron chi connectivity index (χ3n) is 3.66. The van der Waals surface area contributed by atoms with Gasteiger partial charge in [0.25, 0.3) is 0 Å². The number of morpholine rings is 1. The number of halogens is 1. The Morgan fingerprint density at radius 2 is 2.05 bits per heavy atom. The van der Waals surface area contributed by atoms with Gasteiger partial charge in [-0.05, 0) is 44.4 Å². The van der Waals surface area contributed by atoms with E-state index in [0.29, 0.717) is 18.1 Å². The van der Waals surface area contributed by atoms with Crippen molar-refractivity contribution < 1.29 is 9.13 Å². The number of rotatable bonds is 6. The highest BCUT2D eigenvalue weighted by Gasteiger charge is 2.17. The van der Waals surface area contributed by atoms with Gasteiger partial charge in [0.05, 0.1) is 13.2 Å². The molecular formula is C16H25FN2O. The summed E-state index contributed by atoms with van der Waals surface area (Å²) in [5.74, 6) is -0.175. The molecule has 2 N–H and O–H groups in total. The first kappa shape index (κ1) is 15.4. The second kappa shape index (κ2) is 7.72. The van der Waals surface area contributed by atoms with Gasteiger partial charge in [0.2, 0.25) is 0 Å². The van der Waals surface area contributed by atoms with Gasteiger partial charge in [0.1, 0.15) is 5.82 Å². The Morgan fingerprint density at radius 3 is 2.70 bits per heavy atom. The van der Waals surface area contributed by atoms with Gasteiger partial charge in [-0.15, -0.1) is 0 Å². The summed E-state index contributed by atoms with van der Waals surface area (Å²) in [7, 11) is 0. The molecule has 1 aromatic carbocycles. The fraction of sp³-hybridized carbons (Fsp3) is 0.625. The molecule has 3 atom stereocenters. The minimum absolute atomic E-state index is 0.175. The van der Waals surface area contributed by atoms with E-state index >= 15 is 0 Å². The van der Waals surface area contributed by atoms with Gasteiger partial charge in [0.15, 0.2) is 0 Å². The van der Waals surface area contributed by atoms with Gasteiger partial charge in [-0.3, -0.25) is 0 Å². The first-order valence-corrected chi connectivity index (χ1v) is 7.45. The molecule has 0 aliphatic carbocycles. The molecule has 1 aromatic rings. The van der Waals surface area contributed by atoms with Crippen LogP contribution in [0.5, 0.6) is 0 Å². The van der Waals surface area contributed by atoms with Crippen molar-refractivity contribution in [3.8, 4) is 0 Å². The van der Waals surface area contributed by atoms with Crippen LogP contribution in [-0.2, 0) is 11.2 Å². The third kappa shape index (κ3) is 5.19. The van der Waals surface area contributed by atoms with E-state index < -0.39 is 0 Å². The molecule has 0 amide bonds. The molecule has 4 heteroatoms. The largest absolute Gasteiger partial charge is 0.379 e. The molecule has 1 saturated heterocycles. The van der Waals surface area contributed by atoms with Crippen LogP contribution in [0, 0.1) is 5.82 Å². The second-order valence-electron chi connectivity index (χ2n) is 5.76. The summed E-state index contributed by atoms with van der Waals surface area (Å²) in [6.45, 7) is 6.95. The Bertz CT molecular complexity index is 390. The molecule has 0 aromatic heterocycles. The Labute approximate surface area is 120 Å². The molecule has 1 fully saturated rings. The van der Waals surface area contributed by atoms with Crippen molar-refractivity contribution in [2.75, 3.05) is 19.8 Å². The molecule has 1 heterocycles. The molecule has 1 aliphatic heterocycles. The standard InChI is InChI=1S/C16H25FN2O/c1-12(9-14-3-5-15(17)6-4-14)19-13(2)10-16-11-20-8-7-18-16/h3-6,12-13,16,18-19H,7-11H2,1-2H3. The zero-order chi connectivity index (χ0) is 14.4. The van der Waals surface area contributed by atoms with Crippen molar-refractivity contribution in [2.24, 2.45) is 0 Å². The normalized spacial score (nSPS) is 22.4. The van der Waals surface area contributed by atoms with Crippen molar-refractivity contribution in [3.63, 3.8) is 0 Å². The van der Waals surface area contributed by atoms with Crippen LogP contribution < -0.4 is 10.6 Å². The second-order valence-corrected chi connectivity index (χ2v) is 5.76. The molecule has 0 saturated carbocycles. The number of hydrogen-bond acceptors (Lipinski definition) is 3. The molecule has 0 radical (unpaired) electrons. The predicted molar refractivity (Wildman–Crippen MR) is 79.4 cm³/mol. The van der Waals surface area contributed by atoms with Crippen molar-refractivity contribution in [2.45, 2.75) is 44.8 Å². The van der Waals surface area contributed by atoms with E-state index in [-0.39, 0.29) is 5.82 Å². The van der Waals surface area contributed by atoms with Crippen LogP contribution in [0.3, 0.4) is 0 Å². The van der Waals surface area contributed by atoms with Crippen LogP contribution >= 0.6 is 0 Å². The first-order chi connectivity index (χ1) is 9.63. The van der Waals surface area contributed by atoms with E-state index in [1.54, 1.807) is 0 Å². The van der Waals surface area contributed by atoms with Gasteiger partial charge in [-0.25, -0.2) is 4.39 Å². The maximum atomic E-state index is 12.9. The smallest absolute Gasteiger partial charge is 0.123 e. The number of benzene rings is 1. The maximum absolute atomic E-state index is 12.9. The highest BCUT2D eigenvalue weighted by molar-refractivity contribution is 5.17. The van der Waals surface area contributed by atoms with Gasteiger partial charge in [-0.1, -0.05) is 12.1 Å². The summed E-state index contributed by atoms with van der Waals surface area (Å²) in [5.41, 5.74) is 1.16. The van der Waals surface area contributed by atoms with E-state index in [4.69, 9.17) is 4.74 Å². The van der Waals surface area contributed by atoms with Crippen molar-refractivity contribution >= 4 is 0 Å². The zero-order valence-corrected chi connectivity index (χ0v) is 12.4. The monoisotopic (exact) mass is 280 g/mol. The molecule has 3 unspecified atom stereocenters. The molecule has 20 heavy (non-hydrogen) atoms. The molecule has 2 rings (SSSR count). The highest BCUT2D eigenvalue weighted by Crippen LogP contribution is 2.08. The maximum Gasteiger partial charge on any atom is 0.123 e. The summed E-state index contributed by atoms with van der Waals surface area (Å²) >= 11 is 0. The Hall–Kier alpha value is -0.970. The van der Waals surface area contributed by atoms with Crippen LogP contribution in [0.4, 0.5) is 4.39 Å². The molecule has 0 spiro atoms. The lowest BCUT2D eigenvalue weighted by Crippen LogP contribution is -2.46. The molecule has 0 bridgehead atoms. The molecule has 1 aliphatic rings. The summed E-state index contributed by atoms with van der Waals surface area (Å²) in [6.07, 6.45) is 1.98. The molecule has 112 valence electrons. The minimum Gasteiger partial charge on any atom is -0.379 e. The first-order valence-electron chi connectivity index (χ1n) is 7.45. The lowest BCUT2D eigenvalue weighted by atomic mass is 10.0. The van der Waals surface area contributed by atoms with E-state index in [2.05, 4.69) is 24.5 Å². The highest BCUT2D eigenvalue weighted by atomic mass is 19.1. The summed E-state index contributed by atoms with van der Waals surface area (Å²) in [5, 5.41) is 7.07.